The van der Waals surface area contributed by atoms with E-state index in [0.717, 1.165) is 32.6 Å². The molecule has 0 saturated heterocycles. The molecule has 1 N–H and O–H groups in total. The van der Waals surface area contributed by atoms with Crippen molar-refractivity contribution in [3.8, 4) is 0 Å². The summed E-state index contributed by atoms with van der Waals surface area (Å²) in [6, 6.07) is 7.92. The molecular formula is C13H12ClN3. The van der Waals surface area contributed by atoms with Crippen molar-refractivity contribution in [2.75, 3.05) is 19.0 Å². The van der Waals surface area contributed by atoms with Crippen LogP contribution in [0.25, 0.3) is 21.9 Å². The number of nitrogens with one attached hydrogen (secondary N) is 1. The maximum Gasteiger partial charge on any atom is 0.138 e. The molecule has 86 valence electrons. The third-order valence-electron chi connectivity index (χ3n) is 2.91. The molecule has 0 amide bonds. The molecular weight excluding hydrogens is 234 g/mol. The average molecular weight is 246 g/mol. The maximum atomic E-state index is 6.16. The van der Waals surface area contributed by atoms with Gasteiger partial charge in [-0.1, -0.05) is 11.6 Å². The number of nitrogens with zero attached hydrogens (tertiary/aromatic N) is 2. The highest BCUT2D eigenvalue weighted by Crippen LogP contribution is 2.33. The van der Waals surface area contributed by atoms with Gasteiger partial charge < -0.3 is 9.88 Å². The largest absolute Gasteiger partial charge is 0.376 e. The monoisotopic (exact) mass is 245 g/mol. The second-order valence-electron chi connectivity index (χ2n) is 4.27. The Kier molecular flexibility index (Phi) is 2.23. The molecule has 3 aromatic rings. The number of anilines is 1. The number of rotatable bonds is 1. The Bertz CT molecular complexity index is 700. The Morgan fingerprint density at radius 1 is 1.24 bits per heavy atom. The van der Waals surface area contributed by atoms with Gasteiger partial charge >= 0.3 is 0 Å². The lowest BCUT2D eigenvalue weighted by Crippen LogP contribution is -2.09. The molecule has 2 heterocycles. The number of pyridine rings is 1. The SMILES string of the molecule is CN(C)c1cc(Cl)cc2c1[nH]c1ncccc12. The van der Waals surface area contributed by atoms with Crippen molar-refractivity contribution in [1.29, 1.82) is 0 Å². The predicted octanol–water partition coefficient (Wildman–Crippen LogP) is 3.44. The first-order valence-corrected chi connectivity index (χ1v) is 5.78. The fourth-order valence-corrected chi connectivity index (χ4v) is 2.34. The quantitative estimate of drug-likeness (QED) is 0.712. The van der Waals surface area contributed by atoms with E-state index in [1.54, 1.807) is 6.20 Å². The summed E-state index contributed by atoms with van der Waals surface area (Å²) in [4.78, 5) is 9.72. The minimum absolute atomic E-state index is 0.742. The van der Waals surface area contributed by atoms with Gasteiger partial charge in [-0.3, -0.25) is 0 Å². The Labute approximate surface area is 104 Å². The number of aromatic amines is 1. The second-order valence-corrected chi connectivity index (χ2v) is 4.70. The van der Waals surface area contributed by atoms with Gasteiger partial charge in [0, 0.05) is 36.1 Å². The number of hydrogen-bond acceptors (Lipinski definition) is 2. The van der Waals surface area contributed by atoms with Crippen molar-refractivity contribution < 1.29 is 0 Å². The lowest BCUT2D eigenvalue weighted by atomic mass is 10.1. The van der Waals surface area contributed by atoms with Crippen LogP contribution < -0.4 is 4.90 Å². The molecule has 0 saturated carbocycles. The van der Waals surface area contributed by atoms with E-state index in [2.05, 4.69) is 16.0 Å². The molecule has 0 aliphatic rings. The molecule has 0 fully saturated rings. The van der Waals surface area contributed by atoms with Crippen LogP contribution in [-0.2, 0) is 0 Å². The van der Waals surface area contributed by atoms with Crippen LogP contribution in [0.5, 0.6) is 0 Å². The van der Waals surface area contributed by atoms with Gasteiger partial charge in [0.1, 0.15) is 5.65 Å². The average Bonchev–Trinajstić information content (AvgIpc) is 2.66. The van der Waals surface area contributed by atoms with Gasteiger partial charge in [-0.05, 0) is 24.3 Å². The van der Waals surface area contributed by atoms with Crippen LogP contribution in [0.2, 0.25) is 5.02 Å². The Hall–Kier alpha value is -1.74. The molecule has 17 heavy (non-hydrogen) atoms. The van der Waals surface area contributed by atoms with Crippen molar-refractivity contribution in [2.24, 2.45) is 0 Å². The van der Waals surface area contributed by atoms with Gasteiger partial charge in [0.25, 0.3) is 0 Å². The van der Waals surface area contributed by atoms with E-state index >= 15 is 0 Å². The molecule has 0 bridgehead atoms. The molecule has 0 radical (unpaired) electrons. The van der Waals surface area contributed by atoms with Crippen molar-refractivity contribution in [3.05, 3.63) is 35.5 Å². The number of hydrogen-bond donors (Lipinski definition) is 1. The third-order valence-corrected chi connectivity index (χ3v) is 3.12. The van der Waals surface area contributed by atoms with E-state index < -0.39 is 0 Å². The van der Waals surface area contributed by atoms with Crippen LogP contribution in [0.1, 0.15) is 0 Å². The normalized spacial score (nSPS) is 11.2. The van der Waals surface area contributed by atoms with Gasteiger partial charge in [0.15, 0.2) is 0 Å². The standard InChI is InChI=1S/C13H12ClN3/c1-17(2)11-7-8(14)6-10-9-4-3-5-15-13(9)16-12(10)11/h3-7H,1-2H3,(H,15,16). The molecule has 0 aliphatic heterocycles. The maximum absolute atomic E-state index is 6.16. The van der Waals surface area contributed by atoms with E-state index in [-0.39, 0.29) is 0 Å². The van der Waals surface area contributed by atoms with Crippen LogP contribution in [0.15, 0.2) is 30.5 Å². The van der Waals surface area contributed by atoms with Crippen molar-refractivity contribution >= 4 is 39.2 Å². The molecule has 3 nitrogen and oxygen atoms in total. The zero-order valence-electron chi connectivity index (χ0n) is 9.66. The van der Waals surface area contributed by atoms with Crippen LogP contribution in [-0.4, -0.2) is 24.1 Å². The first-order chi connectivity index (χ1) is 8.16. The molecule has 2 aromatic heterocycles. The summed E-state index contributed by atoms with van der Waals surface area (Å²) in [5.74, 6) is 0. The van der Waals surface area contributed by atoms with Crippen LogP contribution in [0.3, 0.4) is 0 Å². The first-order valence-electron chi connectivity index (χ1n) is 5.40. The number of halogens is 1. The Balaban J connectivity index is 2.51. The smallest absolute Gasteiger partial charge is 0.138 e. The van der Waals surface area contributed by atoms with Crippen LogP contribution in [0, 0.1) is 0 Å². The lowest BCUT2D eigenvalue weighted by molar-refractivity contribution is 1.14. The van der Waals surface area contributed by atoms with Gasteiger partial charge in [0.05, 0.1) is 11.2 Å². The van der Waals surface area contributed by atoms with E-state index in [9.17, 15) is 0 Å². The fourth-order valence-electron chi connectivity index (χ4n) is 2.13. The minimum Gasteiger partial charge on any atom is -0.376 e. The highest BCUT2D eigenvalue weighted by atomic mass is 35.5. The van der Waals surface area contributed by atoms with Gasteiger partial charge in [0.2, 0.25) is 0 Å². The van der Waals surface area contributed by atoms with Crippen LogP contribution in [0.4, 0.5) is 5.69 Å². The van der Waals surface area contributed by atoms with Crippen molar-refractivity contribution in [3.63, 3.8) is 0 Å². The van der Waals surface area contributed by atoms with Gasteiger partial charge in [-0.15, -0.1) is 0 Å². The minimum atomic E-state index is 0.742. The molecule has 0 aliphatic carbocycles. The van der Waals surface area contributed by atoms with E-state index in [1.165, 1.54) is 0 Å². The van der Waals surface area contributed by atoms with Crippen LogP contribution >= 0.6 is 11.6 Å². The number of H-pyrrole nitrogens is 1. The third kappa shape index (κ3) is 1.54. The highest BCUT2D eigenvalue weighted by molar-refractivity contribution is 6.32. The first kappa shape index (κ1) is 10.4. The second kappa shape index (κ2) is 3.64. The summed E-state index contributed by atoms with van der Waals surface area (Å²) in [7, 11) is 4.01. The Morgan fingerprint density at radius 3 is 2.82 bits per heavy atom. The molecule has 1 aromatic carbocycles. The molecule has 0 spiro atoms. The van der Waals surface area contributed by atoms with Gasteiger partial charge in [-0.25, -0.2) is 4.98 Å². The Morgan fingerprint density at radius 2 is 2.06 bits per heavy atom. The number of aromatic nitrogens is 2. The zero-order valence-corrected chi connectivity index (χ0v) is 10.4. The van der Waals surface area contributed by atoms with Crippen molar-refractivity contribution in [2.45, 2.75) is 0 Å². The number of fused-ring (bicyclic) bond motifs is 3. The molecule has 0 atom stereocenters. The fraction of sp³-hybridized carbons (Fsp3) is 0.154. The molecule has 4 heteroatoms. The van der Waals surface area contributed by atoms with Crippen molar-refractivity contribution in [1.82, 2.24) is 9.97 Å². The van der Waals surface area contributed by atoms with E-state index in [0.29, 0.717) is 0 Å². The molecule has 0 unspecified atom stereocenters. The lowest BCUT2D eigenvalue weighted by Gasteiger charge is -2.13. The predicted molar refractivity (Wildman–Crippen MR) is 72.9 cm³/mol. The highest BCUT2D eigenvalue weighted by Gasteiger charge is 2.11. The topological polar surface area (TPSA) is 31.9 Å². The summed E-state index contributed by atoms with van der Waals surface area (Å²) in [5, 5.41) is 2.96. The number of benzene rings is 1. The van der Waals surface area contributed by atoms with E-state index in [1.807, 2.05) is 37.2 Å². The molecule has 3 rings (SSSR count). The summed E-state index contributed by atoms with van der Waals surface area (Å²) in [6.45, 7) is 0. The summed E-state index contributed by atoms with van der Waals surface area (Å²) in [6.07, 6.45) is 1.79. The summed E-state index contributed by atoms with van der Waals surface area (Å²) in [5.41, 5.74) is 3.05. The summed E-state index contributed by atoms with van der Waals surface area (Å²) < 4.78 is 0. The summed E-state index contributed by atoms with van der Waals surface area (Å²) >= 11 is 6.16. The van der Waals surface area contributed by atoms with E-state index in [4.69, 9.17) is 11.6 Å². The van der Waals surface area contributed by atoms with Gasteiger partial charge in [-0.2, -0.15) is 0 Å². The zero-order chi connectivity index (χ0) is 12.0.